The summed E-state index contributed by atoms with van der Waals surface area (Å²) in [5.74, 6) is 0.873. The van der Waals surface area contributed by atoms with Gasteiger partial charge in [0.05, 0.1) is 32.0 Å². The topological polar surface area (TPSA) is 80.3 Å². The summed E-state index contributed by atoms with van der Waals surface area (Å²) in [6.45, 7) is 15.2. The van der Waals surface area contributed by atoms with Crippen molar-refractivity contribution in [1.29, 1.82) is 0 Å². The third-order valence-corrected chi connectivity index (χ3v) is 3.18. The van der Waals surface area contributed by atoms with Crippen LogP contribution >= 0.6 is 0 Å². The van der Waals surface area contributed by atoms with Crippen LogP contribution < -0.4 is 4.74 Å². The second-order valence-corrected chi connectivity index (χ2v) is 5.68. The van der Waals surface area contributed by atoms with Crippen molar-refractivity contribution < 1.29 is 33.3 Å². The second kappa shape index (κ2) is 26.9. The van der Waals surface area contributed by atoms with Crippen LogP contribution in [0, 0.1) is 6.92 Å². The van der Waals surface area contributed by atoms with E-state index in [9.17, 15) is 9.59 Å². The lowest BCUT2D eigenvalue weighted by Crippen LogP contribution is -2.03. The van der Waals surface area contributed by atoms with Crippen LogP contribution in [-0.4, -0.2) is 52.2 Å². The van der Waals surface area contributed by atoms with Crippen LogP contribution in [0.5, 0.6) is 5.75 Å². The van der Waals surface area contributed by atoms with E-state index >= 15 is 0 Å². The molecule has 0 spiro atoms. The molecule has 31 heavy (non-hydrogen) atoms. The van der Waals surface area contributed by atoms with Crippen LogP contribution in [0.3, 0.4) is 0 Å². The molecule has 0 fully saturated rings. The molecule has 0 aliphatic heterocycles. The van der Waals surface area contributed by atoms with Gasteiger partial charge in [0.2, 0.25) is 0 Å². The maximum absolute atomic E-state index is 9.78. The number of rotatable bonds is 17. The van der Waals surface area contributed by atoms with Crippen molar-refractivity contribution in [2.24, 2.45) is 0 Å². The Labute approximate surface area is 186 Å². The van der Waals surface area contributed by atoms with E-state index < -0.39 is 0 Å². The zero-order chi connectivity index (χ0) is 23.4. The lowest BCUT2D eigenvalue weighted by Gasteiger charge is -2.05. The minimum Gasteiger partial charge on any atom is -0.502 e. The highest BCUT2D eigenvalue weighted by atomic mass is 16.5. The molecule has 7 nitrogen and oxygen atoms in total. The Morgan fingerprint density at radius 3 is 1.90 bits per heavy atom. The van der Waals surface area contributed by atoms with Gasteiger partial charge in [-0.15, -0.1) is 0 Å². The van der Waals surface area contributed by atoms with Crippen LogP contribution in [0.2, 0.25) is 0 Å². The molecule has 1 aromatic rings. The number of benzene rings is 1. The fourth-order valence-corrected chi connectivity index (χ4v) is 1.73. The predicted molar refractivity (Wildman–Crippen MR) is 122 cm³/mol. The summed E-state index contributed by atoms with van der Waals surface area (Å²) in [5, 5.41) is 0. The Hall–Kier alpha value is -3.06. The number of unbranched alkanes of at least 4 members (excludes halogenated alkanes) is 1. The molecule has 1 aromatic carbocycles. The van der Waals surface area contributed by atoms with Gasteiger partial charge in [0.15, 0.2) is 0 Å². The van der Waals surface area contributed by atoms with Crippen molar-refractivity contribution >= 4 is 12.6 Å². The fourth-order valence-electron chi connectivity index (χ4n) is 1.73. The van der Waals surface area contributed by atoms with Crippen LogP contribution in [-0.2, 0) is 28.5 Å². The van der Waals surface area contributed by atoms with E-state index in [1.54, 1.807) is 0 Å². The molecule has 0 aliphatic carbocycles. The molecule has 1 rings (SSSR count). The van der Waals surface area contributed by atoms with Gasteiger partial charge in [-0.2, -0.15) is 0 Å². The van der Waals surface area contributed by atoms with Crippen molar-refractivity contribution in [1.82, 2.24) is 0 Å². The fraction of sp³-hybridized carbons (Fsp3) is 0.417. The first-order valence-electron chi connectivity index (χ1n) is 9.98. The maximum Gasteiger partial charge on any atom is 0.145 e. The van der Waals surface area contributed by atoms with Gasteiger partial charge in [0, 0.05) is 13.0 Å². The van der Waals surface area contributed by atoms with Crippen LogP contribution in [0.1, 0.15) is 24.8 Å². The number of hydrogen-bond acceptors (Lipinski definition) is 7. The standard InChI is InChI=1S/C11H14O2.C8H14O3.C5H8O2/c1-3-12-8-9-13-11-6-4-10(2)5-7-11;1-2-10-6-3-4-7-11-8-5-9;1-2-7-5-3-4-6/h3-7H,1,8-9H2,2H3;2,5H,1,3-4,6-8H2;2,4H,1,3,5H2. The molecule has 0 radical (unpaired) electrons. The largest absolute Gasteiger partial charge is 0.502 e. The van der Waals surface area contributed by atoms with Gasteiger partial charge in [-0.05, 0) is 31.9 Å². The van der Waals surface area contributed by atoms with Crippen LogP contribution in [0.15, 0.2) is 62.8 Å². The van der Waals surface area contributed by atoms with Crippen molar-refractivity contribution in [3.63, 3.8) is 0 Å². The van der Waals surface area contributed by atoms with Gasteiger partial charge in [0.1, 0.15) is 38.1 Å². The molecule has 0 atom stereocenters. The van der Waals surface area contributed by atoms with Crippen molar-refractivity contribution in [2.45, 2.75) is 26.2 Å². The number of aldehydes is 2. The molecule has 0 heterocycles. The number of aryl methyl sites for hydroxylation is 1. The number of carbonyl (C=O) groups is 2. The lowest BCUT2D eigenvalue weighted by atomic mass is 10.2. The van der Waals surface area contributed by atoms with Gasteiger partial charge in [-0.1, -0.05) is 37.4 Å². The van der Waals surface area contributed by atoms with Crippen molar-refractivity contribution in [3.05, 3.63) is 68.4 Å². The summed E-state index contributed by atoms with van der Waals surface area (Å²) >= 11 is 0. The zero-order valence-corrected chi connectivity index (χ0v) is 18.5. The first-order valence-corrected chi connectivity index (χ1v) is 9.98. The molecular formula is C24H36O7. The first kappa shape index (κ1) is 30.1. The smallest absolute Gasteiger partial charge is 0.145 e. The molecule has 0 bridgehead atoms. The van der Waals surface area contributed by atoms with E-state index in [-0.39, 0.29) is 6.61 Å². The summed E-state index contributed by atoms with van der Waals surface area (Å²) in [6, 6.07) is 7.93. The molecular weight excluding hydrogens is 400 g/mol. The Morgan fingerprint density at radius 2 is 1.32 bits per heavy atom. The monoisotopic (exact) mass is 436 g/mol. The predicted octanol–water partition coefficient (Wildman–Crippen LogP) is 4.41. The summed E-state index contributed by atoms with van der Waals surface area (Å²) in [5.41, 5.74) is 1.23. The molecule has 0 N–H and O–H groups in total. The van der Waals surface area contributed by atoms with Gasteiger partial charge >= 0.3 is 0 Å². The number of ether oxygens (including phenoxy) is 5. The molecule has 0 amide bonds. The molecule has 7 heteroatoms. The van der Waals surface area contributed by atoms with Gasteiger partial charge in [-0.25, -0.2) is 0 Å². The highest BCUT2D eigenvalue weighted by molar-refractivity contribution is 5.50. The summed E-state index contributed by atoms with van der Waals surface area (Å²) < 4.78 is 24.7. The Kier molecular flexibility index (Phi) is 26.2. The van der Waals surface area contributed by atoms with Gasteiger partial charge in [0.25, 0.3) is 0 Å². The Bertz CT molecular complexity index is 536. The molecule has 0 aromatic heterocycles. The van der Waals surface area contributed by atoms with E-state index in [0.29, 0.717) is 39.5 Å². The minimum atomic E-state index is 0.197. The Morgan fingerprint density at radius 1 is 0.742 bits per heavy atom. The third kappa shape index (κ3) is 26.9. The number of hydrogen-bond donors (Lipinski definition) is 0. The SMILES string of the molecule is C=COCCC=O.C=COCCCCOCC=O.C=COCCOc1ccc(C)cc1. The Balaban J connectivity index is 0. The summed E-state index contributed by atoms with van der Waals surface area (Å²) in [4.78, 5) is 19.3. The lowest BCUT2D eigenvalue weighted by molar-refractivity contribution is -0.112. The van der Waals surface area contributed by atoms with E-state index in [0.717, 1.165) is 31.2 Å². The summed E-state index contributed by atoms with van der Waals surface area (Å²) in [7, 11) is 0. The molecule has 0 unspecified atom stereocenters. The third-order valence-electron chi connectivity index (χ3n) is 3.18. The van der Waals surface area contributed by atoms with Crippen molar-refractivity contribution in [3.8, 4) is 5.75 Å². The van der Waals surface area contributed by atoms with E-state index in [2.05, 4.69) is 24.5 Å². The summed E-state index contributed by atoms with van der Waals surface area (Å²) in [6.07, 6.45) is 8.02. The molecule has 174 valence electrons. The van der Waals surface area contributed by atoms with E-state index in [4.69, 9.17) is 18.9 Å². The minimum absolute atomic E-state index is 0.197. The maximum atomic E-state index is 9.78. The molecule has 0 saturated carbocycles. The number of carbonyl (C=O) groups excluding carboxylic acids is 2. The highest BCUT2D eigenvalue weighted by Gasteiger charge is 1.91. The second-order valence-electron chi connectivity index (χ2n) is 5.68. The van der Waals surface area contributed by atoms with Gasteiger partial charge in [-0.3, -0.25) is 0 Å². The zero-order valence-electron chi connectivity index (χ0n) is 18.5. The van der Waals surface area contributed by atoms with Gasteiger partial charge < -0.3 is 33.3 Å². The van der Waals surface area contributed by atoms with E-state index in [1.165, 1.54) is 24.3 Å². The highest BCUT2D eigenvalue weighted by Crippen LogP contribution is 2.10. The molecule has 0 saturated heterocycles. The van der Waals surface area contributed by atoms with E-state index in [1.807, 2.05) is 31.2 Å². The average Bonchev–Trinajstić information content (AvgIpc) is 2.79. The van der Waals surface area contributed by atoms with Crippen LogP contribution in [0.4, 0.5) is 0 Å². The first-order chi connectivity index (χ1) is 15.2. The molecule has 0 aliphatic rings. The average molecular weight is 437 g/mol. The normalized spacial score (nSPS) is 8.81. The van der Waals surface area contributed by atoms with Crippen LogP contribution in [0.25, 0.3) is 0 Å². The quantitative estimate of drug-likeness (QED) is 0.203. The van der Waals surface area contributed by atoms with Crippen molar-refractivity contribution in [2.75, 3.05) is 39.6 Å².